The van der Waals surface area contributed by atoms with Crippen LogP contribution in [0.4, 0.5) is 0 Å². The molecule has 1 atom stereocenters. The SMILES string of the molecule is [B]CC1(CC([B])(O)NC)CC(OC)(OC)C1. The zero-order chi connectivity index (χ0) is 12.4. The van der Waals surface area contributed by atoms with E-state index in [9.17, 15) is 5.11 Å². The van der Waals surface area contributed by atoms with Crippen molar-refractivity contribution in [1.82, 2.24) is 5.32 Å². The molecule has 0 aromatic heterocycles. The van der Waals surface area contributed by atoms with E-state index in [0.29, 0.717) is 25.6 Å². The summed E-state index contributed by atoms with van der Waals surface area (Å²) in [5.41, 5.74) is -1.62. The van der Waals surface area contributed by atoms with Crippen molar-refractivity contribution in [1.29, 1.82) is 0 Å². The summed E-state index contributed by atoms with van der Waals surface area (Å²) < 4.78 is 10.6. The van der Waals surface area contributed by atoms with Gasteiger partial charge in [0.15, 0.2) is 5.79 Å². The average molecular weight is 223 g/mol. The van der Waals surface area contributed by atoms with Crippen molar-refractivity contribution in [2.24, 2.45) is 5.41 Å². The van der Waals surface area contributed by atoms with Crippen molar-refractivity contribution >= 4 is 15.7 Å². The molecule has 0 saturated heterocycles. The third kappa shape index (κ3) is 2.62. The maximum Gasteiger partial charge on any atom is 0.168 e. The summed E-state index contributed by atoms with van der Waals surface area (Å²) in [6.07, 6.45) is 2.11. The maximum atomic E-state index is 9.80. The lowest BCUT2D eigenvalue weighted by Crippen LogP contribution is -2.59. The minimum Gasteiger partial charge on any atom is -0.385 e. The molecule has 88 valence electrons. The molecule has 4 radical (unpaired) electrons. The van der Waals surface area contributed by atoms with Crippen LogP contribution in [-0.4, -0.2) is 53.5 Å². The fourth-order valence-electron chi connectivity index (χ4n) is 2.46. The van der Waals surface area contributed by atoms with Crippen molar-refractivity contribution in [3.05, 3.63) is 0 Å². The van der Waals surface area contributed by atoms with Gasteiger partial charge in [0.2, 0.25) is 0 Å². The standard InChI is InChI=1S/C10H19B2NO3/c1-13-10(12,14)6-8(7-11)4-9(5-8,15-2)16-3/h13-14H,4-7H2,1-3H3. The highest BCUT2D eigenvalue weighted by Gasteiger charge is 2.55. The van der Waals surface area contributed by atoms with Crippen LogP contribution in [0.2, 0.25) is 6.32 Å². The van der Waals surface area contributed by atoms with Crippen LogP contribution in [-0.2, 0) is 9.47 Å². The second-order valence-electron chi connectivity index (χ2n) is 4.73. The molecule has 2 N–H and O–H groups in total. The lowest BCUT2D eigenvalue weighted by Gasteiger charge is -2.56. The first-order valence-electron chi connectivity index (χ1n) is 5.37. The largest absolute Gasteiger partial charge is 0.385 e. The first kappa shape index (κ1) is 14.0. The molecule has 6 heteroatoms. The molecule has 1 aliphatic carbocycles. The maximum absolute atomic E-state index is 9.80. The van der Waals surface area contributed by atoms with Crippen LogP contribution < -0.4 is 5.32 Å². The van der Waals surface area contributed by atoms with Crippen LogP contribution in [0.5, 0.6) is 0 Å². The summed E-state index contributed by atoms with van der Waals surface area (Å²) in [6, 6.07) is 0. The Morgan fingerprint density at radius 1 is 1.38 bits per heavy atom. The van der Waals surface area contributed by atoms with E-state index in [1.165, 1.54) is 0 Å². The molecule has 1 aliphatic rings. The molecule has 1 saturated carbocycles. The van der Waals surface area contributed by atoms with Gasteiger partial charge >= 0.3 is 0 Å². The number of hydrogen-bond donors (Lipinski definition) is 2. The molecule has 0 aliphatic heterocycles. The van der Waals surface area contributed by atoms with E-state index in [1.807, 2.05) is 0 Å². The highest BCUT2D eigenvalue weighted by molar-refractivity contribution is 6.14. The highest BCUT2D eigenvalue weighted by Crippen LogP contribution is 2.56. The number of ether oxygens (including phenoxy) is 2. The smallest absolute Gasteiger partial charge is 0.168 e. The van der Waals surface area contributed by atoms with Gasteiger partial charge in [-0.15, -0.1) is 0 Å². The fourth-order valence-corrected chi connectivity index (χ4v) is 2.46. The number of rotatable bonds is 6. The van der Waals surface area contributed by atoms with Gasteiger partial charge in [0.05, 0.1) is 13.5 Å². The van der Waals surface area contributed by atoms with Crippen molar-refractivity contribution in [2.45, 2.75) is 37.0 Å². The Bertz CT molecular complexity index is 236. The number of aliphatic hydroxyl groups is 1. The van der Waals surface area contributed by atoms with Gasteiger partial charge in [0.1, 0.15) is 7.85 Å². The molecule has 1 fully saturated rings. The zero-order valence-corrected chi connectivity index (χ0v) is 10.2. The minimum atomic E-state index is -1.40. The van der Waals surface area contributed by atoms with Gasteiger partial charge in [0, 0.05) is 27.1 Å². The Kier molecular flexibility index (Phi) is 4.11. The second kappa shape index (κ2) is 4.69. The zero-order valence-electron chi connectivity index (χ0n) is 10.2. The van der Waals surface area contributed by atoms with E-state index in [0.717, 1.165) is 0 Å². The molecular weight excluding hydrogens is 204 g/mol. The van der Waals surface area contributed by atoms with E-state index < -0.39 is 11.4 Å². The normalized spacial score (nSPS) is 25.8. The lowest BCUT2D eigenvalue weighted by atomic mass is 9.54. The van der Waals surface area contributed by atoms with Gasteiger partial charge < -0.3 is 19.9 Å². The molecule has 0 bridgehead atoms. The first-order valence-corrected chi connectivity index (χ1v) is 5.37. The minimum absolute atomic E-state index is 0.224. The Morgan fingerprint density at radius 2 is 1.88 bits per heavy atom. The third-order valence-corrected chi connectivity index (χ3v) is 3.54. The number of hydrogen-bond acceptors (Lipinski definition) is 4. The van der Waals surface area contributed by atoms with Crippen molar-refractivity contribution < 1.29 is 14.6 Å². The first-order chi connectivity index (χ1) is 7.36. The summed E-state index contributed by atoms with van der Waals surface area (Å²) >= 11 is 0. The van der Waals surface area contributed by atoms with Gasteiger partial charge in [-0.05, 0) is 18.9 Å². The van der Waals surface area contributed by atoms with E-state index in [2.05, 4.69) is 5.32 Å². The molecule has 0 amide bonds. The van der Waals surface area contributed by atoms with Crippen LogP contribution in [0.15, 0.2) is 0 Å². The fraction of sp³-hybridized carbons (Fsp3) is 1.00. The predicted molar refractivity (Wildman–Crippen MR) is 63.4 cm³/mol. The molecule has 0 aromatic carbocycles. The van der Waals surface area contributed by atoms with E-state index in [-0.39, 0.29) is 5.41 Å². The van der Waals surface area contributed by atoms with Crippen LogP contribution in [0.1, 0.15) is 19.3 Å². The summed E-state index contributed by atoms with van der Waals surface area (Å²) in [5.74, 6) is -0.566. The molecule has 1 rings (SSSR count). The Morgan fingerprint density at radius 3 is 2.19 bits per heavy atom. The van der Waals surface area contributed by atoms with Gasteiger partial charge in [-0.2, -0.15) is 0 Å². The van der Waals surface area contributed by atoms with Crippen molar-refractivity contribution in [3.63, 3.8) is 0 Å². The number of nitrogens with one attached hydrogen (secondary N) is 1. The highest BCUT2D eigenvalue weighted by atomic mass is 16.7. The summed E-state index contributed by atoms with van der Waals surface area (Å²) in [6.45, 7) is 0. The van der Waals surface area contributed by atoms with Gasteiger partial charge in [0.25, 0.3) is 0 Å². The summed E-state index contributed by atoms with van der Waals surface area (Å²) in [4.78, 5) is 0. The van der Waals surface area contributed by atoms with Crippen LogP contribution in [0, 0.1) is 5.41 Å². The Labute approximate surface area is 99.9 Å². The van der Waals surface area contributed by atoms with Gasteiger partial charge in [-0.3, -0.25) is 0 Å². The second-order valence-corrected chi connectivity index (χ2v) is 4.73. The van der Waals surface area contributed by atoms with E-state index >= 15 is 0 Å². The van der Waals surface area contributed by atoms with Crippen LogP contribution >= 0.6 is 0 Å². The lowest BCUT2D eigenvalue weighted by molar-refractivity contribution is -0.298. The summed E-state index contributed by atoms with van der Waals surface area (Å²) in [5, 5.41) is 12.5. The van der Waals surface area contributed by atoms with Crippen molar-refractivity contribution in [2.75, 3.05) is 21.3 Å². The molecule has 0 spiro atoms. The van der Waals surface area contributed by atoms with Crippen LogP contribution in [0.3, 0.4) is 0 Å². The summed E-state index contributed by atoms with van der Waals surface area (Å²) in [7, 11) is 16.3. The van der Waals surface area contributed by atoms with E-state index in [4.69, 9.17) is 25.2 Å². The van der Waals surface area contributed by atoms with Crippen molar-refractivity contribution in [3.8, 4) is 0 Å². The Balaban J connectivity index is 2.64. The predicted octanol–water partition coefficient (Wildman–Crippen LogP) is -0.233. The monoisotopic (exact) mass is 223 g/mol. The Hall–Kier alpha value is -0.0301. The van der Waals surface area contributed by atoms with E-state index in [1.54, 1.807) is 21.3 Å². The third-order valence-electron chi connectivity index (χ3n) is 3.54. The quantitative estimate of drug-likeness (QED) is 0.482. The van der Waals surface area contributed by atoms with Gasteiger partial charge in [-0.1, -0.05) is 6.32 Å². The van der Waals surface area contributed by atoms with Crippen LogP contribution in [0.25, 0.3) is 0 Å². The molecule has 0 aromatic rings. The van der Waals surface area contributed by atoms with Gasteiger partial charge in [-0.25, -0.2) is 0 Å². The molecule has 1 unspecified atom stereocenters. The molecular formula is C10H19B2NO3. The number of methoxy groups -OCH3 is 2. The topological polar surface area (TPSA) is 50.7 Å². The molecule has 16 heavy (non-hydrogen) atoms. The average Bonchev–Trinajstić information content (AvgIpc) is 2.23. The molecule has 0 heterocycles. The molecule has 4 nitrogen and oxygen atoms in total.